The van der Waals surface area contributed by atoms with Crippen LogP contribution in [-0.2, 0) is 5.75 Å². The monoisotopic (exact) mass is 448 g/mol. The molecule has 0 saturated heterocycles. The SMILES string of the molecule is O=c1c2ccccc2nc(SCc2noc(-c3ccc(F)cc3)n2)n1-c1ccccc1F. The molecule has 2 heterocycles. The smallest absolute Gasteiger partial charge is 0.266 e. The van der Waals surface area contributed by atoms with Crippen molar-refractivity contribution < 1.29 is 13.3 Å². The van der Waals surface area contributed by atoms with Crippen molar-refractivity contribution in [1.82, 2.24) is 19.7 Å². The summed E-state index contributed by atoms with van der Waals surface area (Å²) in [7, 11) is 0. The molecule has 0 aliphatic heterocycles. The van der Waals surface area contributed by atoms with Gasteiger partial charge < -0.3 is 4.52 Å². The van der Waals surface area contributed by atoms with E-state index in [4.69, 9.17) is 4.52 Å². The predicted molar refractivity (Wildman–Crippen MR) is 117 cm³/mol. The quantitative estimate of drug-likeness (QED) is 0.278. The highest BCUT2D eigenvalue weighted by molar-refractivity contribution is 7.98. The van der Waals surface area contributed by atoms with Crippen LogP contribution in [-0.4, -0.2) is 19.7 Å². The van der Waals surface area contributed by atoms with E-state index in [1.807, 2.05) is 0 Å². The third-order valence-electron chi connectivity index (χ3n) is 4.73. The van der Waals surface area contributed by atoms with Gasteiger partial charge >= 0.3 is 0 Å². The first-order valence-electron chi connectivity index (χ1n) is 9.58. The summed E-state index contributed by atoms with van der Waals surface area (Å²) in [5.74, 6) is -0.0659. The van der Waals surface area contributed by atoms with Crippen molar-refractivity contribution in [3.05, 3.63) is 101 Å². The van der Waals surface area contributed by atoms with Crippen molar-refractivity contribution in [2.45, 2.75) is 10.9 Å². The molecule has 0 atom stereocenters. The van der Waals surface area contributed by atoms with Gasteiger partial charge in [0.2, 0.25) is 0 Å². The molecular weight excluding hydrogens is 434 g/mol. The molecule has 0 N–H and O–H groups in total. The average molecular weight is 448 g/mol. The Labute approximate surface area is 184 Å². The maximum absolute atomic E-state index is 14.6. The van der Waals surface area contributed by atoms with Gasteiger partial charge in [0.25, 0.3) is 11.4 Å². The predicted octanol–water partition coefficient (Wildman–Crippen LogP) is 5.01. The zero-order valence-corrected chi connectivity index (χ0v) is 17.2. The molecule has 6 nitrogen and oxygen atoms in total. The van der Waals surface area contributed by atoms with Crippen LogP contribution >= 0.6 is 11.8 Å². The molecule has 0 unspecified atom stereocenters. The molecule has 32 heavy (non-hydrogen) atoms. The largest absolute Gasteiger partial charge is 0.334 e. The molecule has 5 aromatic rings. The van der Waals surface area contributed by atoms with Gasteiger partial charge in [-0.2, -0.15) is 4.98 Å². The van der Waals surface area contributed by atoms with Crippen molar-refractivity contribution in [2.75, 3.05) is 0 Å². The number of fused-ring (bicyclic) bond motifs is 1. The molecule has 0 spiro atoms. The van der Waals surface area contributed by atoms with Gasteiger partial charge in [-0.15, -0.1) is 0 Å². The van der Waals surface area contributed by atoms with E-state index >= 15 is 0 Å². The first-order chi connectivity index (χ1) is 15.6. The van der Waals surface area contributed by atoms with Crippen molar-refractivity contribution in [1.29, 1.82) is 0 Å². The van der Waals surface area contributed by atoms with Gasteiger partial charge in [0, 0.05) is 5.56 Å². The summed E-state index contributed by atoms with van der Waals surface area (Å²) in [6.07, 6.45) is 0. The fraction of sp³-hybridized carbons (Fsp3) is 0.0435. The van der Waals surface area contributed by atoms with E-state index in [0.717, 1.165) is 0 Å². The molecule has 0 aliphatic carbocycles. The lowest BCUT2D eigenvalue weighted by atomic mass is 10.2. The summed E-state index contributed by atoms with van der Waals surface area (Å²) in [5.41, 5.74) is 0.830. The summed E-state index contributed by atoms with van der Waals surface area (Å²) < 4.78 is 34.2. The Hall–Kier alpha value is -3.85. The average Bonchev–Trinajstić information content (AvgIpc) is 3.28. The van der Waals surface area contributed by atoms with Gasteiger partial charge in [-0.3, -0.25) is 9.36 Å². The minimum atomic E-state index is -0.535. The molecular formula is C23H14F2N4O2S. The standard InChI is InChI=1S/C23H14F2N4O2S/c24-15-11-9-14(10-12-15)21-27-20(28-31-21)13-32-23-26-18-7-3-1-5-16(18)22(30)29(23)19-8-4-2-6-17(19)25/h1-12H,13H2. The lowest BCUT2D eigenvalue weighted by Gasteiger charge is -2.13. The number of aromatic nitrogens is 4. The van der Waals surface area contributed by atoms with E-state index in [1.54, 1.807) is 48.5 Å². The van der Waals surface area contributed by atoms with Gasteiger partial charge in [0.05, 0.1) is 22.3 Å². The van der Waals surface area contributed by atoms with Crippen LogP contribution in [0.5, 0.6) is 0 Å². The molecule has 5 rings (SSSR count). The first kappa shape index (κ1) is 20.1. The summed E-state index contributed by atoms with van der Waals surface area (Å²) in [6, 6.07) is 18.6. The van der Waals surface area contributed by atoms with Gasteiger partial charge in [0.1, 0.15) is 11.6 Å². The Bertz CT molecular complexity index is 1480. The summed E-state index contributed by atoms with van der Waals surface area (Å²) in [6.45, 7) is 0. The van der Waals surface area contributed by atoms with Gasteiger partial charge in [-0.05, 0) is 48.5 Å². The summed E-state index contributed by atoms with van der Waals surface area (Å²) in [4.78, 5) is 22.1. The van der Waals surface area contributed by atoms with Crippen molar-refractivity contribution in [3.8, 4) is 17.1 Å². The van der Waals surface area contributed by atoms with Crippen LogP contribution in [0.4, 0.5) is 8.78 Å². The normalized spacial score (nSPS) is 11.2. The van der Waals surface area contributed by atoms with E-state index in [2.05, 4.69) is 15.1 Å². The Morgan fingerprint density at radius 1 is 0.906 bits per heavy atom. The highest BCUT2D eigenvalue weighted by atomic mass is 32.2. The number of rotatable bonds is 5. The van der Waals surface area contributed by atoms with Gasteiger partial charge in [0.15, 0.2) is 11.0 Å². The van der Waals surface area contributed by atoms with Crippen LogP contribution in [0.1, 0.15) is 5.82 Å². The van der Waals surface area contributed by atoms with Crippen LogP contribution in [0.25, 0.3) is 28.0 Å². The zero-order valence-electron chi connectivity index (χ0n) is 16.4. The number of nitrogens with zero attached hydrogens (tertiary/aromatic N) is 4. The minimum Gasteiger partial charge on any atom is -0.334 e. The molecule has 0 aliphatic rings. The lowest BCUT2D eigenvalue weighted by Crippen LogP contribution is -2.22. The van der Waals surface area contributed by atoms with Crippen LogP contribution in [0.15, 0.2) is 87.3 Å². The third-order valence-corrected chi connectivity index (χ3v) is 5.66. The number of hydrogen-bond acceptors (Lipinski definition) is 6. The Kier molecular flexibility index (Phi) is 5.24. The van der Waals surface area contributed by atoms with Crippen molar-refractivity contribution in [3.63, 3.8) is 0 Å². The Morgan fingerprint density at radius 2 is 1.66 bits per heavy atom. The highest BCUT2D eigenvalue weighted by Crippen LogP contribution is 2.26. The van der Waals surface area contributed by atoms with Crippen LogP contribution in [0.3, 0.4) is 0 Å². The topological polar surface area (TPSA) is 73.8 Å². The lowest BCUT2D eigenvalue weighted by molar-refractivity contribution is 0.425. The van der Waals surface area contributed by atoms with E-state index in [9.17, 15) is 13.6 Å². The number of hydrogen-bond donors (Lipinski definition) is 0. The molecule has 0 fully saturated rings. The second-order valence-electron chi connectivity index (χ2n) is 6.81. The molecule has 2 aromatic heterocycles. The van der Waals surface area contributed by atoms with Crippen molar-refractivity contribution in [2.24, 2.45) is 0 Å². The molecule has 0 bridgehead atoms. The second-order valence-corrected chi connectivity index (χ2v) is 7.76. The second kappa shape index (κ2) is 8.35. The molecule has 3 aromatic carbocycles. The van der Waals surface area contributed by atoms with E-state index in [-0.39, 0.29) is 28.7 Å². The molecule has 158 valence electrons. The highest BCUT2D eigenvalue weighted by Gasteiger charge is 2.17. The van der Waals surface area contributed by atoms with Crippen LogP contribution in [0, 0.1) is 11.6 Å². The van der Waals surface area contributed by atoms with E-state index in [1.165, 1.54) is 40.6 Å². The molecule has 9 heteroatoms. The fourth-order valence-electron chi connectivity index (χ4n) is 3.21. The van der Waals surface area contributed by atoms with E-state index < -0.39 is 5.82 Å². The number of benzene rings is 3. The van der Waals surface area contributed by atoms with Gasteiger partial charge in [-0.25, -0.2) is 13.8 Å². The van der Waals surface area contributed by atoms with Crippen LogP contribution in [0.2, 0.25) is 0 Å². The summed E-state index contributed by atoms with van der Waals surface area (Å²) >= 11 is 1.18. The fourth-order valence-corrected chi connectivity index (χ4v) is 4.05. The maximum atomic E-state index is 14.6. The number of halogens is 2. The van der Waals surface area contributed by atoms with E-state index in [0.29, 0.717) is 27.4 Å². The summed E-state index contributed by atoms with van der Waals surface area (Å²) in [5, 5.41) is 4.63. The Morgan fingerprint density at radius 3 is 2.47 bits per heavy atom. The van der Waals surface area contributed by atoms with Crippen molar-refractivity contribution >= 4 is 22.7 Å². The Balaban J connectivity index is 1.52. The zero-order chi connectivity index (χ0) is 22.1. The van der Waals surface area contributed by atoms with Crippen LogP contribution < -0.4 is 5.56 Å². The maximum Gasteiger partial charge on any atom is 0.266 e. The minimum absolute atomic E-state index is 0.110. The molecule has 0 amide bonds. The third kappa shape index (κ3) is 3.78. The number of para-hydroxylation sites is 2. The molecule has 0 radical (unpaired) electrons. The van der Waals surface area contributed by atoms with Gasteiger partial charge in [-0.1, -0.05) is 41.2 Å². The number of thioether (sulfide) groups is 1. The molecule has 0 saturated carbocycles. The first-order valence-corrected chi connectivity index (χ1v) is 10.6.